The van der Waals surface area contributed by atoms with Gasteiger partial charge in [-0.2, -0.15) is 5.10 Å². The van der Waals surface area contributed by atoms with Crippen LogP contribution >= 0.6 is 0 Å². The number of pyridine rings is 1. The van der Waals surface area contributed by atoms with Gasteiger partial charge in [-0.3, -0.25) is 14.5 Å². The number of carbonyl (C=O) groups is 2. The zero-order chi connectivity index (χ0) is 31.7. The van der Waals surface area contributed by atoms with Crippen LogP contribution in [0, 0.1) is 19.8 Å². The first kappa shape index (κ1) is 30.1. The van der Waals surface area contributed by atoms with Crippen LogP contribution in [0.4, 0.5) is 16.3 Å². The Morgan fingerprint density at radius 1 is 0.911 bits per heavy atom. The quantitative estimate of drug-likeness (QED) is 0.215. The molecule has 1 aliphatic rings. The number of nitrogens with one attached hydrogen (secondary N) is 2. The van der Waals surface area contributed by atoms with Crippen molar-refractivity contribution in [3.8, 4) is 5.69 Å². The second-order valence-electron chi connectivity index (χ2n) is 13.1. The van der Waals surface area contributed by atoms with Gasteiger partial charge in [-0.25, -0.2) is 14.5 Å². The molecule has 232 valence electrons. The molecule has 0 radical (unpaired) electrons. The van der Waals surface area contributed by atoms with Gasteiger partial charge in [0.05, 0.1) is 17.1 Å². The molecule has 1 fully saturated rings. The lowest BCUT2D eigenvalue weighted by Gasteiger charge is -2.32. The third-order valence-corrected chi connectivity index (χ3v) is 8.54. The van der Waals surface area contributed by atoms with Crippen molar-refractivity contribution in [3.63, 3.8) is 0 Å². The van der Waals surface area contributed by atoms with Gasteiger partial charge in [0.1, 0.15) is 17.2 Å². The van der Waals surface area contributed by atoms with Gasteiger partial charge in [0.15, 0.2) is 0 Å². The number of hydrogen-bond donors (Lipinski definition) is 2. The average Bonchev–Trinajstić information content (AvgIpc) is 3.59. The zero-order valence-corrected chi connectivity index (χ0v) is 26.7. The van der Waals surface area contributed by atoms with Gasteiger partial charge < -0.3 is 10.2 Å². The number of anilines is 2. The van der Waals surface area contributed by atoms with Crippen LogP contribution in [0.25, 0.3) is 11.3 Å². The molecule has 1 aliphatic heterocycles. The molecule has 2 aromatic carbocycles. The number of likely N-dealkylation sites (tertiary alicyclic amines) is 1. The number of rotatable bonds is 6. The van der Waals surface area contributed by atoms with E-state index in [0.717, 1.165) is 66.3 Å². The van der Waals surface area contributed by atoms with E-state index in [9.17, 15) is 9.59 Å². The number of nitrogens with zero attached hydrogens (tertiary/aromatic N) is 5. The fraction of sp³-hybridized carbons (Fsp3) is 0.333. The van der Waals surface area contributed by atoms with Crippen LogP contribution in [0.3, 0.4) is 0 Å². The van der Waals surface area contributed by atoms with E-state index >= 15 is 0 Å². The lowest BCUT2D eigenvalue weighted by Crippen LogP contribution is -2.39. The Hall–Kier alpha value is -4.92. The minimum Gasteiger partial charge on any atom is -0.337 e. The summed E-state index contributed by atoms with van der Waals surface area (Å²) in [5.74, 6) is 1.16. The number of aromatic nitrogens is 4. The molecule has 9 heteroatoms. The molecule has 0 bridgehead atoms. The average molecular weight is 604 g/mol. The highest BCUT2D eigenvalue weighted by Gasteiger charge is 2.27. The van der Waals surface area contributed by atoms with E-state index in [1.54, 1.807) is 4.68 Å². The van der Waals surface area contributed by atoms with Crippen LogP contribution in [-0.4, -0.2) is 49.1 Å². The van der Waals surface area contributed by atoms with Crippen molar-refractivity contribution in [1.82, 2.24) is 24.1 Å². The van der Waals surface area contributed by atoms with E-state index in [2.05, 4.69) is 48.5 Å². The van der Waals surface area contributed by atoms with E-state index in [1.165, 1.54) is 5.56 Å². The van der Waals surface area contributed by atoms with Gasteiger partial charge in [-0.1, -0.05) is 56.7 Å². The number of amides is 3. The van der Waals surface area contributed by atoms with Crippen molar-refractivity contribution in [3.05, 3.63) is 107 Å². The third-order valence-electron chi connectivity index (χ3n) is 8.54. The lowest BCUT2D eigenvalue weighted by atomic mass is 9.90. The summed E-state index contributed by atoms with van der Waals surface area (Å²) in [6.45, 7) is 11.7. The fourth-order valence-electron chi connectivity index (χ4n) is 5.92. The highest BCUT2D eigenvalue weighted by Crippen LogP contribution is 2.28. The first-order valence-corrected chi connectivity index (χ1v) is 15.6. The molecule has 1 saturated heterocycles. The first-order chi connectivity index (χ1) is 21.5. The Balaban J connectivity index is 1.04. The highest BCUT2D eigenvalue weighted by molar-refractivity contribution is 5.99. The second kappa shape index (κ2) is 12.2. The Kier molecular flexibility index (Phi) is 8.18. The molecule has 0 atom stereocenters. The van der Waals surface area contributed by atoms with Crippen LogP contribution in [0.15, 0.2) is 79.0 Å². The predicted octanol–water partition coefficient (Wildman–Crippen LogP) is 7.17. The number of hydrogen-bond acceptors (Lipinski definition) is 4. The van der Waals surface area contributed by atoms with Gasteiger partial charge in [-0.15, -0.1) is 0 Å². The van der Waals surface area contributed by atoms with Gasteiger partial charge in [0.25, 0.3) is 5.91 Å². The van der Waals surface area contributed by atoms with E-state index in [1.807, 2.05) is 90.0 Å². The molecule has 45 heavy (non-hydrogen) atoms. The number of benzene rings is 2. The molecular formula is C36H41N7O2. The number of fused-ring (bicyclic) bond motifs is 1. The van der Waals surface area contributed by atoms with E-state index < -0.39 is 0 Å². The van der Waals surface area contributed by atoms with E-state index in [-0.39, 0.29) is 17.4 Å². The Morgan fingerprint density at radius 3 is 2.31 bits per heavy atom. The summed E-state index contributed by atoms with van der Waals surface area (Å²) in [6.07, 6.45) is 4.75. The molecule has 0 saturated carbocycles. The molecule has 0 unspecified atom stereocenters. The van der Waals surface area contributed by atoms with Crippen molar-refractivity contribution in [2.45, 2.75) is 59.3 Å². The lowest BCUT2D eigenvalue weighted by molar-refractivity contribution is 0.0682. The maximum Gasteiger partial charge on any atom is 0.324 e. The summed E-state index contributed by atoms with van der Waals surface area (Å²) in [7, 11) is 0. The molecule has 0 aliphatic carbocycles. The molecule has 6 rings (SSSR count). The Bertz CT molecular complexity index is 1820. The molecule has 5 aromatic rings. The maximum atomic E-state index is 13.4. The number of urea groups is 1. The number of imidazole rings is 1. The van der Waals surface area contributed by atoms with Crippen molar-refractivity contribution >= 4 is 29.1 Å². The summed E-state index contributed by atoms with van der Waals surface area (Å²) < 4.78 is 3.67. The maximum absolute atomic E-state index is 13.4. The highest BCUT2D eigenvalue weighted by atomic mass is 16.2. The molecule has 9 nitrogen and oxygen atoms in total. The van der Waals surface area contributed by atoms with Crippen molar-refractivity contribution in [2.24, 2.45) is 5.92 Å². The normalized spacial score (nSPS) is 14.1. The number of aryl methyl sites for hydroxylation is 2. The molecule has 0 spiro atoms. The van der Waals surface area contributed by atoms with Crippen LogP contribution in [0.1, 0.15) is 66.6 Å². The van der Waals surface area contributed by atoms with Gasteiger partial charge in [0, 0.05) is 36.5 Å². The second-order valence-corrected chi connectivity index (χ2v) is 13.1. The topological polar surface area (TPSA) is 96.6 Å². The Labute approximate surface area is 264 Å². The van der Waals surface area contributed by atoms with Crippen LogP contribution in [0.2, 0.25) is 0 Å². The zero-order valence-electron chi connectivity index (χ0n) is 26.7. The van der Waals surface area contributed by atoms with Crippen molar-refractivity contribution < 1.29 is 9.59 Å². The van der Waals surface area contributed by atoms with Crippen LogP contribution in [-0.2, 0) is 11.8 Å². The molecule has 3 amide bonds. The van der Waals surface area contributed by atoms with Crippen LogP contribution < -0.4 is 10.6 Å². The molecular weight excluding hydrogens is 562 g/mol. The minimum absolute atomic E-state index is 0.0508. The summed E-state index contributed by atoms with van der Waals surface area (Å²) >= 11 is 0. The van der Waals surface area contributed by atoms with Crippen molar-refractivity contribution in [1.29, 1.82) is 0 Å². The van der Waals surface area contributed by atoms with Crippen molar-refractivity contribution in [2.75, 3.05) is 23.7 Å². The van der Waals surface area contributed by atoms with Gasteiger partial charge in [-0.05, 0) is 81.0 Å². The van der Waals surface area contributed by atoms with E-state index in [4.69, 9.17) is 5.10 Å². The molecule has 4 heterocycles. The first-order valence-electron chi connectivity index (χ1n) is 15.6. The SMILES string of the molecule is Cc1ccc(-n2nc(C(C)(C)C)cc2NC(=O)Nc2ccc(CC3CCN(C(=O)c4c(C)nc5ccccn45)CC3)cc2)cc1. The van der Waals surface area contributed by atoms with Crippen LogP contribution in [0.5, 0.6) is 0 Å². The molecule has 3 aromatic heterocycles. The minimum atomic E-state index is -0.324. The third kappa shape index (κ3) is 6.62. The smallest absolute Gasteiger partial charge is 0.324 e. The predicted molar refractivity (Wildman–Crippen MR) is 178 cm³/mol. The van der Waals surface area contributed by atoms with E-state index in [0.29, 0.717) is 17.4 Å². The fourth-order valence-corrected chi connectivity index (χ4v) is 5.92. The standard InChI is InChI=1S/C36H41N7O2/c1-24-9-15-29(16-10-24)43-32(23-30(40-43)36(3,4)5)39-35(45)38-28-13-11-26(12-14-28)22-27-17-20-41(21-18-27)34(44)33-25(2)37-31-8-6-7-19-42(31)33/h6-16,19,23,27H,17-18,20-22H2,1-5H3,(H2,38,39,45). The summed E-state index contributed by atoms with van der Waals surface area (Å²) in [6, 6.07) is 23.5. The largest absolute Gasteiger partial charge is 0.337 e. The van der Waals surface area contributed by atoms with Gasteiger partial charge in [0.2, 0.25) is 0 Å². The summed E-state index contributed by atoms with van der Waals surface area (Å²) in [5, 5.41) is 10.8. The summed E-state index contributed by atoms with van der Waals surface area (Å²) in [4.78, 5) is 32.9. The Morgan fingerprint density at radius 2 is 1.62 bits per heavy atom. The monoisotopic (exact) mass is 603 g/mol. The van der Waals surface area contributed by atoms with Gasteiger partial charge >= 0.3 is 6.03 Å². The number of piperidine rings is 1. The number of carbonyl (C=O) groups excluding carboxylic acids is 2. The molecule has 2 N–H and O–H groups in total. The summed E-state index contributed by atoms with van der Waals surface area (Å²) in [5.41, 5.74) is 6.93.